The fourth-order valence-electron chi connectivity index (χ4n) is 2.51. The number of thioether (sulfide) groups is 1. The molecule has 1 aliphatic rings. The molecule has 0 spiro atoms. The number of aliphatic hydroxyl groups excluding tert-OH is 2. The smallest absolute Gasteiger partial charge is 0.0861 e. The Labute approximate surface area is 109 Å². The highest BCUT2D eigenvalue weighted by molar-refractivity contribution is 8.00. The molecule has 3 unspecified atom stereocenters. The summed E-state index contributed by atoms with van der Waals surface area (Å²) in [6.07, 6.45) is 3.03. The zero-order valence-corrected chi connectivity index (χ0v) is 12.1. The normalized spacial score (nSPS) is 29.5. The molecular formula is C13H27NO2S. The van der Waals surface area contributed by atoms with Crippen molar-refractivity contribution in [3.05, 3.63) is 0 Å². The maximum absolute atomic E-state index is 9.42. The third-order valence-corrected chi connectivity index (χ3v) is 5.13. The first-order valence-corrected chi connectivity index (χ1v) is 7.70. The van der Waals surface area contributed by atoms with Crippen molar-refractivity contribution in [2.75, 3.05) is 18.9 Å². The third-order valence-electron chi connectivity index (χ3n) is 3.61. The molecule has 0 aliphatic heterocycles. The van der Waals surface area contributed by atoms with E-state index in [0.29, 0.717) is 22.5 Å². The van der Waals surface area contributed by atoms with Crippen molar-refractivity contribution < 1.29 is 10.2 Å². The van der Waals surface area contributed by atoms with Crippen molar-refractivity contribution >= 4 is 11.8 Å². The minimum atomic E-state index is -0.574. The summed E-state index contributed by atoms with van der Waals surface area (Å²) in [5, 5.41) is 22.5. The standard InChI is InChI=1S/C13H27NO2S/c1-4-7-14-12-11(5-6-13(12,2)3)17-9-10(16)8-15/h10-12,14-16H,4-9H2,1-3H3. The second-order valence-electron chi connectivity index (χ2n) is 5.67. The van der Waals surface area contributed by atoms with Crippen LogP contribution < -0.4 is 5.32 Å². The number of hydrogen-bond donors (Lipinski definition) is 3. The van der Waals surface area contributed by atoms with Crippen LogP contribution in [0, 0.1) is 5.41 Å². The molecule has 3 nitrogen and oxygen atoms in total. The highest BCUT2D eigenvalue weighted by Crippen LogP contribution is 2.43. The van der Waals surface area contributed by atoms with Gasteiger partial charge in [0, 0.05) is 17.0 Å². The van der Waals surface area contributed by atoms with Crippen LogP contribution in [0.5, 0.6) is 0 Å². The lowest BCUT2D eigenvalue weighted by molar-refractivity contribution is 0.113. The molecule has 1 fully saturated rings. The van der Waals surface area contributed by atoms with Crippen LogP contribution >= 0.6 is 11.8 Å². The monoisotopic (exact) mass is 261 g/mol. The van der Waals surface area contributed by atoms with Gasteiger partial charge in [0.2, 0.25) is 0 Å². The van der Waals surface area contributed by atoms with Crippen molar-refractivity contribution in [2.24, 2.45) is 5.41 Å². The molecule has 102 valence electrons. The van der Waals surface area contributed by atoms with Gasteiger partial charge in [-0.25, -0.2) is 0 Å². The van der Waals surface area contributed by atoms with Gasteiger partial charge in [-0.15, -0.1) is 0 Å². The Kier molecular flexibility index (Phi) is 6.27. The SMILES string of the molecule is CCCNC1C(SCC(O)CO)CCC1(C)C. The molecule has 0 aromatic carbocycles. The molecule has 0 bridgehead atoms. The molecule has 1 aliphatic carbocycles. The highest BCUT2D eigenvalue weighted by Gasteiger charge is 2.41. The first-order valence-electron chi connectivity index (χ1n) is 6.65. The molecule has 3 N–H and O–H groups in total. The number of nitrogens with one attached hydrogen (secondary N) is 1. The lowest BCUT2D eigenvalue weighted by Crippen LogP contribution is -2.44. The van der Waals surface area contributed by atoms with E-state index in [2.05, 4.69) is 26.1 Å². The fourth-order valence-corrected chi connectivity index (χ4v) is 4.03. The molecule has 3 atom stereocenters. The zero-order chi connectivity index (χ0) is 12.9. The summed E-state index contributed by atoms with van der Waals surface area (Å²) in [6, 6.07) is 0.526. The maximum atomic E-state index is 9.42. The largest absolute Gasteiger partial charge is 0.394 e. The Morgan fingerprint density at radius 2 is 2.18 bits per heavy atom. The predicted molar refractivity (Wildman–Crippen MR) is 74.4 cm³/mol. The van der Waals surface area contributed by atoms with Crippen LogP contribution in [0.1, 0.15) is 40.0 Å². The zero-order valence-electron chi connectivity index (χ0n) is 11.3. The minimum absolute atomic E-state index is 0.129. The average Bonchev–Trinajstić information content (AvgIpc) is 2.58. The van der Waals surface area contributed by atoms with Gasteiger partial charge in [0.1, 0.15) is 0 Å². The number of hydrogen-bond acceptors (Lipinski definition) is 4. The summed E-state index contributed by atoms with van der Waals surface area (Å²) in [6.45, 7) is 7.77. The van der Waals surface area contributed by atoms with E-state index in [-0.39, 0.29) is 6.61 Å². The van der Waals surface area contributed by atoms with Gasteiger partial charge in [0.15, 0.2) is 0 Å². The summed E-state index contributed by atoms with van der Waals surface area (Å²) in [5.74, 6) is 0.640. The molecule has 0 amide bonds. The molecule has 0 aromatic rings. The Morgan fingerprint density at radius 3 is 2.76 bits per heavy atom. The third kappa shape index (κ3) is 4.43. The van der Waals surface area contributed by atoms with Gasteiger partial charge in [-0.05, 0) is 31.2 Å². The van der Waals surface area contributed by atoms with E-state index >= 15 is 0 Å². The Hall–Kier alpha value is 0.230. The summed E-state index contributed by atoms with van der Waals surface area (Å²) in [4.78, 5) is 0. The second kappa shape index (κ2) is 6.98. The number of rotatable bonds is 7. The van der Waals surface area contributed by atoms with Crippen LogP contribution in [0.15, 0.2) is 0 Å². The molecule has 4 heteroatoms. The molecule has 17 heavy (non-hydrogen) atoms. The van der Waals surface area contributed by atoms with Crippen molar-refractivity contribution in [3.8, 4) is 0 Å². The van der Waals surface area contributed by atoms with E-state index in [1.165, 1.54) is 12.8 Å². The first-order chi connectivity index (χ1) is 8.01. The van der Waals surface area contributed by atoms with Gasteiger partial charge in [-0.1, -0.05) is 20.8 Å². The van der Waals surface area contributed by atoms with Gasteiger partial charge < -0.3 is 15.5 Å². The fraction of sp³-hybridized carbons (Fsp3) is 1.00. The first kappa shape index (κ1) is 15.3. The molecule has 0 aromatic heterocycles. The maximum Gasteiger partial charge on any atom is 0.0861 e. The molecule has 0 radical (unpaired) electrons. The van der Waals surface area contributed by atoms with Crippen LogP contribution in [0.4, 0.5) is 0 Å². The van der Waals surface area contributed by atoms with E-state index in [4.69, 9.17) is 5.11 Å². The Morgan fingerprint density at radius 1 is 1.47 bits per heavy atom. The van der Waals surface area contributed by atoms with E-state index in [1.54, 1.807) is 11.8 Å². The van der Waals surface area contributed by atoms with E-state index in [0.717, 1.165) is 13.0 Å². The van der Waals surface area contributed by atoms with E-state index < -0.39 is 6.10 Å². The van der Waals surface area contributed by atoms with Gasteiger partial charge in [-0.2, -0.15) is 11.8 Å². The van der Waals surface area contributed by atoms with Crippen LogP contribution in [0.3, 0.4) is 0 Å². The van der Waals surface area contributed by atoms with Crippen LogP contribution in [0.2, 0.25) is 0 Å². The van der Waals surface area contributed by atoms with E-state index in [1.807, 2.05) is 0 Å². The molecule has 0 saturated heterocycles. The Balaban J connectivity index is 2.46. The predicted octanol–water partition coefficient (Wildman–Crippen LogP) is 1.63. The number of aliphatic hydroxyl groups is 2. The van der Waals surface area contributed by atoms with Gasteiger partial charge in [0.25, 0.3) is 0 Å². The summed E-state index contributed by atoms with van der Waals surface area (Å²) < 4.78 is 0. The van der Waals surface area contributed by atoms with Crippen molar-refractivity contribution in [3.63, 3.8) is 0 Å². The molecule has 1 rings (SSSR count). The average molecular weight is 261 g/mol. The van der Waals surface area contributed by atoms with Crippen LogP contribution in [-0.4, -0.2) is 46.5 Å². The molecular weight excluding hydrogens is 234 g/mol. The lowest BCUT2D eigenvalue weighted by atomic mass is 9.87. The quantitative estimate of drug-likeness (QED) is 0.652. The van der Waals surface area contributed by atoms with Gasteiger partial charge in [-0.3, -0.25) is 0 Å². The van der Waals surface area contributed by atoms with Crippen molar-refractivity contribution in [2.45, 2.75) is 57.4 Å². The Bertz CT molecular complexity index is 223. The van der Waals surface area contributed by atoms with Gasteiger partial charge >= 0.3 is 0 Å². The molecule has 0 heterocycles. The van der Waals surface area contributed by atoms with Crippen LogP contribution in [-0.2, 0) is 0 Å². The topological polar surface area (TPSA) is 52.5 Å². The summed E-state index contributed by atoms with van der Waals surface area (Å²) in [5.41, 5.74) is 0.344. The van der Waals surface area contributed by atoms with Gasteiger partial charge in [0.05, 0.1) is 12.7 Å². The van der Waals surface area contributed by atoms with Crippen molar-refractivity contribution in [1.82, 2.24) is 5.32 Å². The lowest BCUT2D eigenvalue weighted by Gasteiger charge is -2.31. The highest BCUT2D eigenvalue weighted by atomic mass is 32.2. The van der Waals surface area contributed by atoms with Crippen LogP contribution in [0.25, 0.3) is 0 Å². The minimum Gasteiger partial charge on any atom is -0.394 e. The van der Waals surface area contributed by atoms with Crippen molar-refractivity contribution in [1.29, 1.82) is 0 Å². The molecule has 1 saturated carbocycles. The second-order valence-corrected chi connectivity index (χ2v) is 6.94. The van der Waals surface area contributed by atoms with E-state index in [9.17, 15) is 5.11 Å². The summed E-state index contributed by atoms with van der Waals surface area (Å²) >= 11 is 1.81. The summed E-state index contributed by atoms with van der Waals surface area (Å²) in [7, 11) is 0.